The molecule has 2 aromatic carbocycles. The molecule has 4 rings (SSSR count). The van der Waals surface area contributed by atoms with E-state index in [1.165, 1.54) is 24.3 Å². The zero-order valence-electron chi connectivity index (χ0n) is 15.6. The molecule has 150 valence electrons. The number of nitrogens with one attached hydrogen (secondary N) is 1. The van der Waals surface area contributed by atoms with E-state index in [4.69, 9.17) is 4.42 Å². The molecule has 8 heteroatoms. The molecule has 1 aliphatic heterocycles. The molecular formula is C21H20F2N4O2. The van der Waals surface area contributed by atoms with E-state index in [0.717, 1.165) is 18.4 Å². The Balaban J connectivity index is 1.29. The highest BCUT2D eigenvalue weighted by Gasteiger charge is 2.27. The van der Waals surface area contributed by atoms with Gasteiger partial charge in [0.2, 0.25) is 11.8 Å². The predicted molar refractivity (Wildman–Crippen MR) is 102 cm³/mol. The van der Waals surface area contributed by atoms with Crippen molar-refractivity contribution in [3.63, 3.8) is 0 Å². The first kappa shape index (κ1) is 19.0. The molecule has 0 bridgehead atoms. The van der Waals surface area contributed by atoms with Crippen molar-refractivity contribution in [2.75, 3.05) is 13.1 Å². The van der Waals surface area contributed by atoms with Crippen LogP contribution in [0.1, 0.15) is 30.2 Å². The van der Waals surface area contributed by atoms with Gasteiger partial charge in [0.05, 0.1) is 0 Å². The number of hydrogen-bond acceptors (Lipinski definition) is 4. The number of piperidine rings is 1. The average molecular weight is 398 g/mol. The molecular weight excluding hydrogens is 378 g/mol. The summed E-state index contributed by atoms with van der Waals surface area (Å²) >= 11 is 0. The third-order valence-corrected chi connectivity index (χ3v) is 5.02. The molecule has 1 aromatic heterocycles. The summed E-state index contributed by atoms with van der Waals surface area (Å²) in [7, 11) is 0. The fourth-order valence-corrected chi connectivity index (χ4v) is 3.33. The molecule has 29 heavy (non-hydrogen) atoms. The van der Waals surface area contributed by atoms with Crippen molar-refractivity contribution in [2.45, 2.75) is 25.3 Å². The van der Waals surface area contributed by atoms with Gasteiger partial charge in [0.15, 0.2) is 0 Å². The number of carbonyl (C=O) groups excluding carboxylic acids is 1. The van der Waals surface area contributed by atoms with E-state index in [2.05, 4.69) is 15.5 Å². The highest BCUT2D eigenvalue weighted by atomic mass is 19.1. The number of urea groups is 1. The Morgan fingerprint density at radius 3 is 2.28 bits per heavy atom. The van der Waals surface area contributed by atoms with Crippen LogP contribution in [0.5, 0.6) is 0 Å². The molecule has 0 spiro atoms. The molecule has 0 radical (unpaired) electrons. The van der Waals surface area contributed by atoms with E-state index in [-0.39, 0.29) is 23.6 Å². The molecule has 6 nitrogen and oxygen atoms in total. The first-order valence-electron chi connectivity index (χ1n) is 9.45. The van der Waals surface area contributed by atoms with Crippen LogP contribution in [0.2, 0.25) is 0 Å². The lowest BCUT2D eigenvalue weighted by Crippen LogP contribution is -2.43. The van der Waals surface area contributed by atoms with Crippen molar-refractivity contribution >= 4 is 6.03 Å². The average Bonchev–Trinajstić information content (AvgIpc) is 3.24. The zero-order valence-corrected chi connectivity index (χ0v) is 15.6. The monoisotopic (exact) mass is 398 g/mol. The Labute approximate surface area is 166 Å². The molecule has 2 amide bonds. The Morgan fingerprint density at radius 2 is 1.62 bits per heavy atom. The van der Waals surface area contributed by atoms with Gasteiger partial charge < -0.3 is 14.6 Å². The lowest BCUT2D eigenvalue weighted by Gasteiger charge is -2.30. The fourth-order valence-electron chi connectivity index (χ4n) is 3.33. The third kappa shape index (κ3) is 4.59. The normalized spacial score (nSPS) is 14.8. The van der Waals surface area contributed by atoms with Crippen LogP contribution in [0.4, 0.5) is 13.6 Å². The Morgan fingerprint density at radius 1 is 1.00 bits per heavy atom. The standard InChI is InChI=1S/C21H20F2N4O2/c22-17-5-1-14(2-6-17)13-24-21(28)27-11-9-16(10-12-27)20-26-25-19(29-20)15-3-7-18(23)8-4-15/h1-8,16H,9-13H2,(H,24,28). The van der Waals surface area contributed by atoms with Gasteiger partial charge in [-0.1, -0.05) is 12.1 Å². The molecule has 2 heterocycles. The highest BCUT2D eigenvalue weighted by molar-refractivity contribution is 5.74. The second-order valence-corrected chi connectivity index (χ2v) is 7.00. The fraction of sp³-hybridized carbons (Fsp3) is 0.286. The van der Waals surface area contributed by atoms with Crippen molar-refractivity contribution in [1.29, 1.82) is 0 Å². The number of likely N-dealkylation sites (tertiary alicyclic amines) is 1. The van der Waals surface area contributed by atoms with E-state index in [0.29, 0.717) is 37.0 Å². The van der Waals surface area contributed by atoms with E-state index in [1.807, 2.05) is 0 Å². The maximum Gasteiger partial charge on any atom is 0.317 e. The summed E-state index contributed by atoms with van der Waals surface area (Å²) < 4.78 is 31.8. The SMILES string of the molecule is O=C(NCc1ccc(F)cc1)N1CCC(c2nnc(-c3ccc(F)cc3)o2)CC1. The van der Waals surface area contributed by atoms with Crippen LogP contribution in [0, 0.1) is 11.6 Å². The molecule has 0 unspecified atom stereocenters. The molecule has 3 aromatic rings. The van der Waals surface area contributed by atoms with Gasteiger partial charge in [-0.05, 0) is 54.8 Å². The summed E-state index contributed by atoms with van der Waals surface area (Å²) in [6.07, 6.45) is 1.43. The van der Waals surface area contributed by atoms with Crippen molar-refractivity contribution in [1.82, 2.24) is 20.4 Å². The van der Waals surface area contributed by atoms with Crippen molar-refractivity contribution in [3.8, 4) is 11.5 Å². The van der Waals surface area contributed by atoms with Gasteiger partial charge in [-0.25, -0.2) is 13.6 Å². The third-order valence-electron chi connectivity index (χ3n) is 5.02. The number of benzene rings is 2. The van der Waals surface area contributed by atoms with Gasteiger partial charge in [0.1, 0.15) is 11.6 Å². The van der Waals surface area contributed by atoms with E-state index in [9.17, 15) is 13.6 Å². The molecule has 0 atom stereocenters. The van der Waals surface area contributed by atoms with Gasteiger partial charge in [0.25, 0.3) is 0 Å². The van der Waals surface area contributed by atoms with Crippen LogP contribution >= 0.6 is 0 Å². The summed E-state index contributed by atoms with van der Waals surface area (Å²) in [4.78, 5) is 14.1. The molecule has 0 saturated carbocycles. The quantitative estimate of drug-likeness (QED) is 0.718. The predicted octanol–water partition coefficient (Wildman–Crippen LogP) is 4.10. The van der Waals surface area contributed by atoms with Gasteiger partial charge in [0, 0.05) is 31.1 Å². The highest BCUT2D eigenvalue weighted by Crippen LogP contribution is 2.29. The summed E-state index contributed by atoms with van der Waals surface area (Å²) in [5.74, 6) is 0.359. The lowest BCUT2D eigenvalue weighted by atomic mass is 9.97. The number of carbonyl (C=O) groups is 1. The van der Waals surface area contributed by atoms with E-state index >= 15 is 0 Å². The summed E-state index contributed by atoms with van der Waals surface area (Å²) in [5.41, 5.74) is 1.51. The maximum absolute atomic E-state index is 13.0. The first-order chi connectivity index (χ1) is 14.1. The molecule has 0 aliphatic carbocycles. The number of amides is 2. The number of aromatic nitrogens is 2. The zero-order chi connectivity index (χ0) is 20.2. The van der Waals surface area contributed by atoms with E-state index in [1.54, 1.807) is 29.2 Å². The van der Waals surface area contributed by atoms with Crippen LogP contribution < -0.4 is 5.32 Å². The second kappa shape index (κ2) is 8.38. The summed E-state index contributed by atoms with van der Waals surface area (Å²) in [6, 6.07) is 11.8. The number of halogens is 2. The van der Waals surface area contributed by atoms with Gasteiger partial charge in [-0.15, -0.1) is 10.2 Å². The lowest BCUT2D eigenvalue weighted by molar-refractivity contribution is 0.177. The van der Waals surface area contributed by atoms with Crippen molar-refractivity contribution in [3.05, 3.63) is 71.6 Å². The minimum absolute atomic E-state index is 0.0813. The molecule has 1 fully saturated rings. The molecule has 1 N–H and O–H groups in total. The van der Waals surface area contributed by atoms with Gasteiger partial charge >= 0.3 is 6.03 Å². The van der Waals surface area contributed by atoms with Gasteiger partial charge in [-0.3, -0.25) is 0 Å². The number of nitrogens with zero attached hydrogens (tertiary/aromatic N) is 3. The number of rotatable bonds is 4. The Kier molecular flexibility index (Phi) is 5.50. The van der Waals surface area contributed by atoms with E-state index < -0.39 is 0 Å². The van der Waals surface area contributed by atoms with Crippen LogP contribution in [0.15, 0.2) is 52.9 Å². The van der Waals surface area contributed by atoms with Crippen molar-refractivity contribution in [2.24, 2.45) is 0 Å². The van der Waals surface area contributed by atoms with Crippen LogP contribution in [-0.4, -0.2) is 34.2 Å². The molecule has 1 aliphatic rings. The minimum atomic E-state index is -0.321. The van der Waals surface area contributed by atoms with Crippen molar-refractivity contribution < 1.29 is 18.0 Å². The second-order valence-electron chi connectivity index (χ2n) is 7.00. The smallest absolute Gasteiger partial charge is 0.317 e. The minimum Gasteiger partial charge on any atom is -0.420 e. The summed E-state index contributed by atoms with van der Waals surface area (Å²) in [5, 5.41) is 11.0. The Bertz CT molecular complexity index is 965. The van der Waals surface area contributed by atoms with Gasteiger partial charge in [-0.2, -0.15) is 0 Å². The molecule has 1 saturated heterocycles. The number of hydrogen-bond donors (Lipinski definition) is 1. The topological polar surface area (TPSA) is 71.3 Å². The van der Waals surface area contributed by atoms with Crippen LogP contribution in [0.3, 0.4) is 0 Å². The first-order valence-corrected chi connectivity index (χ1v) is 9.45. The summed E-state index contributed by atoms with van der Waals surface area (Å²) in [6.45, 7) is 1.51. The van der Waals surface area contributed by atoms with Crippen LogP contribution in [-0.2, 0) is 6.54 Å². The maximum atomic E-state index is 13.0. The Hall–Kier alpha value is -3.29. The largest absolute Gasteiger partial charge is 0.420 e. The van der Waals surface area contributed by atoms with Crippen LogP contribution in [0.25, 0.3) is 11.5 Å².